The molecule has 0 aliphatic carbocycles. The molecular weight excluding hydrogens is 204 g/mol. The molecule has 88 valence electrons. The first kappa shape index (κ1) is 10.1. The van der Waals surface area contributed by atoms with E-state index < -0.39 is 0 Å². The minimum absolute atomic E-state index is 0.199. The Bertz CT molecular complexity index is 428. The number of H-pyrrole nitrogens is 1. The molecule has 1 unspecified atom stereocenters. The number of rotatable bonds is 1. The van der Waals surface area contributed by atoms with Gasteiger partial charge >= 0.3 is 0 Å². The number of fused-ring (bicyclic) bond motifs is 1. The van der Waals surface area contributed by atoms with Gasteiger partial charge in [0.1, 0.15) is 0 Å². The van der Waals surface area contributed by atoms with Gasteiger partial charge in [0.25, 0.3) is 5.56 Å². The summed E-state index contributed by atoms with van der Waals surface area (Å²) in [7, 11) is 0. The molecule has 5 heteroatoms. The SMILES string of the molecule is O=c1c2c([nH]n1C1CCCNC1)CNCC2. The molecule has 16 heavy (non-hydrogen) atoms. The van der Waals surface area contributed by atoms with Crippen LogP contribution in [0.15, 0.2) is 4.79 Å². The van der Waals surface area contributed by atoms with Gasteiger partial charge in [0, 0.05) is 18.7 Å². The van der Waals surface area contributed by atoms with E-state index in [4.69, 9.17) is 0 Å². The Kier molecular flexibility index (Phi) is 2.57. The zero-order chi connectivity index (χ0) is 11.0. The first-order valence-electron chi connectivity index (χ1n) is 6.10. The first-order chi connectivity index (χ1) is 7.86. The molecule has 0 bridgehead atoms. The summed E-state index contributed by atoms with van der Waals surface area (Å²) in [5.74, 6) is 0. The van der Waals surface area contributed by atoms with Gasteiger partial charge < -0.3 is 10.6 Å². The molecule has 1 fully saturated rings. The highest BCUT2D eigenvalue weighted by atomic mass is 16.1. The van der Waals surface area contributed by atoms with Gasteiger partial charge in [-0.2, -0.15) is 0 Å². The van der Waals surface area contributed by atoms with Gasteiger partial charge in [-0.25, -0.2) is 4.68 Å². The Balaban J connectivity index is 1.94. The zero-order valence-electron chi connectivity index (χ0n) is 9.38. The van der Waals surface area contributed by atoms with Crippen LogP contribution in [0.1, 0.15) is 30.1 Å². The van der Waals surface area contributed by atoms with Crippen molar-refractivity contribution in [2.45, 2.75) is 31.8 Å². The summed E-state index contributed by atoms with van der Waals surface area (Å²) in [6, 6.07) is 0.312. The fraction of sp³-hybridized carbons (Fsp3) is 0.727. The van der Waals surface area contributed by atoms with E-state index in [1.807, 2.05) is 4.68 Å². The Morgan fingerprint density at radius 1 is 1.25 bits per heavy atom. The fourth-order valence-corrected chi connectivity index (χ4v) is 2.68. The number of hydrogen-bond donors (Lipinski definition) is 3. The van der Waals surface area contributed by atoms with E-state index in [2.05, 4.69) is 15.7 Å². The van der Waals surface area contributed by atoms with Crippen LogP contribution in [-0.4, -0.2) is 29.4 Å². The van der Waals surface area contributed by atoms with Crippen molar-refractivity contribution in [2.75, 3.05) is 19.6 Å². The lowest BCUT2D eigenvalue weighted by Crippen LogP contribution is -2.36. The van der Waals surface area contributed by atoms with Crippen LogP contribution in [-0.2, 0) is 13.0 Å². The number of nitrogens with zero attached hydrogens (tertiary/aromatic N) is 1. The average Bonchev–Trinajstić information content (AvgIpc) is 2.69. The monoisotopic (exact) mass is 222 g/mol. The maximum Gasteiger partial charge on any atom is 0.270 e. The average molecular weight is 222 g/mol. The summed E-state index contributed by atoms with van der Waals surface area (Å²) in [5, 5.41) is 9.90. The van der Waals surface area contributed by atoms with Crippen LogP contribution in [0.25, 0.3) is 0 Å². The smallest absolute Gasteiger partial charge is 0.270 e. The summed E-state index contributed by atoms with van der Waals surface area (Å²) >= 11 is 0. The molecule has 3 rings (SSSR count). The lowest BCUT2D eigenvalue weighted by molar-refractivity contribution is 0.339. The highest BCUT2D eigenvalue weighted by molar-refractivity contribution is 5.20. The fourth-order valence-electron chi connectivity index (χ4n) is 2.68. The van der Waals surface area contributed by atoms with Crippen molar-refractivity contribution in [2.24, 2.45) is 0 Å². The molecule has 1 atom stereocenters. The van der Waals surface area contributed by atoms with E-state index in [1.165, 1.54) is 0 Å². The van der Waals surface area contributed by atoms with Gasteiger partial charge in [-0.3, -0.25) is 9.89 Å². The standard InChI is InChI=1S/C11H18N4O/c16-11-9-3-5-13-7-10(9)14-15(11)8-2-1-4-12-6-8/h8,12-14H,1-7H2. The van der Waals surface area contributed by atoms with Crippen LogP contribution in [0.3, 0.4) is 0 Å². The van der Waals surface area contributed by atoms with Crippen molar-refractivity contribution in [3.63, 3.8) is 0 Å². The third kappa shape index (κ3) is 1.60. The molecule has 0 spiro atoms. The summed E-state index contributed by atoms with van der Waals surface area (Å²) in [4.78, 5) is 12.2. The van der Waals surface area contributed by atoms with Crippen molar-refractivity contribution in [3.05, 3.63) is 21.6 Å². The van der Waals surface area contributed by atoms with E-state index >= 15 is 0 Å². The van der Waals surface area contributed by atoms with E-state index in [0.29, 0.717) is 6.04 Å². The molecule has 0 saturated carbocycles. The van der Waals surface area contributed by atoms with Crippen molar-refractivity contribution < 1.29 is 0 Å². The highest BCUT2D eigenvalue weighted by Crippen LogP contribution is 2.16. The molecule has 1 aromatic rings. The van der Waals surface area contributed by atoms with Gasteiger partial charge in [-0.15, -0.1) is 0 Å². The third-order valence-electron chi connectivity index (χ3n) is 3.59. The first-order valence-corrected chi connectivity index (χ1v) is 6.10. The molecular formula is C11H18N4O. The van der Waals surface area contributed by atoms with Crippen LogP contribution in [0, 0.1) is 0 Å². The molecule has 2 aliphatic heterocycles. The summed E-state index contributed by atoms with van der Waals surface area (Å²) in [5.41, 5.74) is 2.27. The Hall–Kier alpha value is -1.07. The second kappa shape index (κ2) is 4.07. The van der Waals surface area contributed by atoms with Crippen LogP contribution in [0.2, 0.25) is 0 Å². The Morgan fingerprint density at radius 3 is 2.94 bits per heavy atom. The Labute approximate surface area is 94.2 Å². The number of nitrogens with one attached hydrogen (secondary N) is 3. The van der Waals surface area contributed by atoms with E-state index in [9.17, 15) is 4.79 Å². The van der Waals surface area contributed by atoms with E-state index in [0.717, 1.165) is 56.7 Å². The minimum Gasteiger partial charge on any atom is -0.315 e. The molecule has 0 amide bonds. The highest BCUT2D eigenvalue weighted by Gasteiger charge is 2.22. The molecule has 0 aromatic carbocycles. The summed E-state index contributed by atoms with van der Waals surface area (Å²) in [6.07, 6.45) is 3.11. The molecule has 1 saturated heterocycles. The van der Waals surface area contributed by atoms with Crippen molar-refractivity contribution in [3.8, 4) is 0 Å². The van der Waals surface area contributed by atoms with Gasteiger partial charge in [0.05, 0.1) is 11.7 Å². The number of aromatic amines is 1. The van der Waals surface area contributed by atoms with E-state index in [1.54, 1.807) is 0 Å². The molecule has 3 heterocycles. The predicted molar refractivity (Wildman–Crippen MR) is 61.6 cm³/mol. The van der Waals surface area contributed by atoms with Gasteiger partial charge in [-0.05, 0) is 32.4 Å². The minimum atomic E-state index is 0.199. The molecule has 3 N–H and O–H groups in total. The molecule has 2 aliphatic rings. The normalized spacial score (nSPS) is 25.4. The van der Waals surface area contributed by atoms with Crippen molar-refractivity contribution in [1.29, 1.82) is 0 Å². The third-order valence-corrected chi connectivity index (χ3v) is 3.59. The predicted octanol–water partition coefficient (Wildman–Crippen LogP) is -0.253. The molecule has 5 nitrogen and oxygen atoms in total. The van der Waals surface area contributed by atoms with Gasteiger partial charge in [0.15, 0.2) is 0 Å². The second-order valence-electron chi connectivity index (χ2n) is 4.67. The van der Waals surface area contributed by atoms with Crippen molar-refractivity contribution >= 4 is 0 Å². The van der Waals surface area contributed by atoms with Crippen LogP contribution < -0.4 is 16.2 Å². The zero-order valence-corrected chi connectivity index (χ0v) is 9.38. The largest absolute Gasteiger partial charge is 0.315 e. The van der Waals surface area contributed by atoms with E-state index in [-0.39, 0.29) is 5.56 Å². The van der Waals surface area contributed by atoms with Gasteiger partial charge in [-0.1, -0.05) is 0 Å². The molecule has 0 radical (unpaired) electrons. The summed E-state index contributed by atoms with van der Waals surface area (Å²) in [6.45, 7) is 3.71. The number of aromatic nitrogens is 2. The topological polar surface area (TPSA) is 61.9 Å². The Morgan fingerprint density at radius 2 is 2.19 bits per heavy atom. The second-order valence-corrected chi connectivity index (χ2v) is 4.67. The quantitative estimate of drug-likeness (QED) is 0.614. The number of piperidine rings is 1. The van der Waals surface area contributed by atoms with Gasteiger partial charge in [0.2, 0.25) is 0 Å². The lowest BCUT2D eigenvalue weighted by Gasteiger charge is -2.23. The van der Waals surface area contributed by atoms with Crippen LogP contribution >= 0.6 is 0 Å². The maximum atomic E-state index is 12.2. The van der Waals surface area contributed by atoms with Crippen LogP contribution in [0.5, 0.6) is 0 Å². The van der Waals surface area contributed by atoms with Crippen LogP contribution in [0.4, 0.5) is 0 Å². The lowest BCUT2D eigenvalue weighted by atomic mass is 10.1. The summed E-state index contributed by atoms with van der Waals surface area (Å²) < 4.78 is 1.84. The van der Waals surface area contributed by atoms with Crippen molar-refractivity contribution in [1.82, 2.24) is 20.4 Å². The maximum absolute atomic E-state index is 12.2. The molecule has 1 aromatic heterocycles. The number of hydrogen-bond acceptors (Lipinski definition) is 3.